The molecule has 4 nitrogen and oxygen atoms in total. The second-order valence-electron chi connectivity index (χ2n) is 4.05. The minimum absolute atomic E-state index is 0.480. The van der Waals surface area contributed by atoms with Gasteiger partial charge in [0, 0.05) is 22.7 Å². The highest BCUT2D eigenvalue weighted by Crippen LogP contribution is 2.27. The molecule has 0 aliphatic carbocycles. The molecule has 1 aromatic carbocycles. The number of para-hydroxylation sites is 1. The Balaban J connectivity index is 2.24. The maximum absolute atomic E-state index is 5.67. The van der Waals surface area contributed by atoms with E-state index in [0.717, 1.165) is 27.7 Å². The molecule has 3 N–H and O–H groups in total. The summed E-state index contributed by atoms with van der Waals surface area (Å²) in [5.41, 5.74) is 9.61. The first-order chi connectivity index (χ1) is 8.25. The van der Waals surface area contributed by atoms with Crippen LogP contribution >= 0.6 is 0 Å². The number of nitrogens with zero attached hydrogens (tertiary/aromatic N) is 2. The quantitative estimate of drug-likeness (QED) is 0.667. The molecule has 3 rings (SSSR count). The van der Waals surface area contributed by atoms with E-state index in [2.05, 4.69) is 21.2 Å². The number of aryl methyl sites for hydroxylation is 1. The second kappa shape index (κ2) is 3.59. The number of aromatic amines is 1. The highest BCUT2D eigenvalue weighted by Gasteiger charge is 2.08. The van der Waals surface area contributed by atoms with E-state index in [-0.39, 0.29) is 0 Å². The molecule has 0 saturated carbocycles. The molecular weight excluding hydrogens is 212 g/mol. The lowest BCUT2D eigenvalue weighted by Gasteiger charge is -2.01. The zero-order valence-electron chi connectivity index (χ0n) is 9.44. The Morgan fingerprint density at radius 3 is 2.82 bits per heavy atom. The first-order valence-corrected chi connectivity index (χ1v) is 5.42. The maximum Gasteiger partial charge on any atom is 0.149 e. The molecule has 17 heavy (non-hydrogen) atoms. The van der Waals surface area contributed by atoms with Gasteiger partial charge >= 0.3 is 0 Å². The van der Waals surface area contributed by atoms with E-state index in [1.165, 1.54) is 0 Å². The van der Waals surface area contributed by atoms with Crippen molar-refractivity contribution < 1.29 is 0 Å². The number of nitrogens with one attached hydrogen (secondary N) is 1. The van der Waals surface area contributed by atoms with E-state index in [4.69, 9.17) is 5.73 Å². The van der Waals surface area contributed by atoms with Crippen LogP contribution in [0.5, 0.6) is 0 Å². The van der Waals surface area contributed by atoms with Crippen LogP contribution in [0.1, 0.15) is 5.56 Å². The Morgan fingerprint density at radius 1 is 1.18 bits per heavy atom. The van der Waals surface area contributed by atoms with Gasteiger partial charge in [-0.2, -0.15) is 0 Å². The highest BCUT2D eigenvalue weighted by atomic mass is 15.1. The van der Waals surface area contributed by atoms with Crippen LogP contribution in [-0.4, -0.2) is 15.2 Å². The molecule has 0 aliphatic rings. The number of hydrogen-bond acceptors (Lipinski definition) is 3. The summed E-state index contributed by atoms with van der Waals surface area (Å²) >= 11 is 0. The van der Waals surface area contributed by atoms with E-state index < -0.39 is 0 Å². The maximum atomic E-state index is 5.67. The molecular formula is C13H12N4. The molecule has 0 atom stereocenters. The lowest BCUT2D eigenvalue weighted by atomic mass is 10.1. The number of nitrogens with two attached hydrogens (primary N) is 1. The summed E-state index contributed by atoms with van der Waals surface area (Å²) in [6, 6.07) is 10.1. The fraction of sp³-hybridized carbons (Fsp3) is 0.0769. The lowest BCUT2D eigenvalue weighted by molar-refractivity contribution is 1.03. The van der Waals surface area contributed by atoms with Crippen molar-refractivity contribution in [2.75, 3.05) is 5.73 Å². The Bertz CT molecular complexity index is 685. The Kier molecular flexibility index (Phi) is 2.08. The third kappa shape index (κ3) is 1.54. The zero-order chi connectivity index (χ0) is 11.8. The second-order valence-corrected chi connectivity index (χ2v) is 4.05. The highest BCUT2D eigenvalue weighted by molar-refractivity contribution is 5.94. The number of hydrogen-bond donors (Lipinski definition) is 2. The summed E-state index contributed by atoms with van der Waals surface area (Å²) in [5, 5.41) is 9.24. The van der Waals surface area contributed by atoms with Gasteiger partial charge in [0.25, 0.3) is 0 Å². The third-order valence-electron chi connectivity index (χ3n) is 2.89. The normalized spacial score (nSPS) is 10.9. The number of benzene rings is 1. The van der Waals surface area contributed by atoms with Gasteiger partial charge in [0.05, 0.1) is 5.69 Å². The molecule has 84 valence electrons. The van der Waals surface area contributed by atoms with Crippen LogP contribution in [0.4, 0.5) is 5.82 Å². The van der Waals surface area contributed by atoms with Crippen LogP contribution in [0.25, 0.3) is 22.2 Å². The third-order valence-corrected chi connectivity index (χ3v) is 2.89. The summed E-state index contributed by atoms with van der Waals surface area (Å²) in [6.45, 7) is 1.93. The Hall–Kier alpha value is -2.36. The molecule has 0 saturated heterocycles. The van der Waals surface area contributed by atoms with Crippen LogP contribution in [-0.2, 0) is 0 Å². The standard InChI is InChI=1S/C13H12N4/c1-8-6-12(16-17-13(8)14)10-7-15-11-5-3-2-4-9(10)11/h2-7,15H,1H3,(H2,14,17). The summed E-state index contributed by atoms with van der Waals surface area (Å²) in [4.78, 5) is 3.22. The molecule has 3 aromatic rings. The Labute approximate surface area is 98.5 Å². The SMILES string of the molecule is Cc1cc(-c2c[nH]c3ccccc23)nnc1N. The summed E-state index contributed by atoms with van der Waals surface area (Å²) in [7, 11) is 0. The minimum atomic E-state index is 0.480. The molecule has 0 unspecified atom stereocenters. The largest absolute Gasteiger partial charge is 0.382 e. The van der Waals surface area contributed by atoms with Gasteiger partial charge in [-0.3, -0.25) is 0 Å². The fourth-order valence-electron chi connectivity index (χ4n) is 1.91. The van der Waals surface area contributed by atoms with Crippen molar-refractivity contribution in [2.24, 2.45) is 0 Å². The van der Waals surface area contributed by atoms with Crippen molar-refractivity contribution in [1.29, 1.82) is 0 Å². The number of fused-ring (bicyclic) bond motifs is 1. The predicted octanol–water partition coefficient (Wildman–Crippen LogP) is 2.52. The smallest absolute Gasteiger partial charge is 0.149 e. The van der Waals surface area contributed by atoms with Crippen molar-refractivity contribution in [3.8, 4) is 11.3 Å². The summed E-state index contributed by atoms with van der Waals surface area (Å²) in [6.07, 6.45) is 1.95. The first-order valence-electron chi connectivity index (χ1n) is 5.42. The first kappa shape index (κ1) is 9.84. The van der Waals surface area contributed by atoms with E-state index in [1.807, 2.05) is 37.4 Å². The summed E-state index contributed by atoms with van der Waals surface area (Å²) < 4.78 is 0. The van der Waals surface area contributed by atoms with Crippen molar-refractivity contribution in [1.82, 2.24) is 15.2 Å². The number of nitrogen functional groups attached to an aromatic ring is 1. The van der Waals surface area contributed by atoms with E-state index >= 15 is 0 Å². The lowest BCUT2D eigenvalue weighted by Crippen LogP contribution is -1.97. The molecule has 0 amide bonds. The number of rotatable bonds is 1. The van der Waals surface area contributed by atoms with E-state index in [9.17, 15) is 0 Å². The Morgan fingerprint density at radius 2 is 2.00 bits per heavy atom. The average Bonchev–Trinajstić information content (AvgIpc) is 2.76. The van der Waals surface area contributed by atoms with Crippen molar-refractivity contribution in [2.45, 2.75) is 6.92 Å². The van der Waals surface area contributed by atoms with Crippen LogP contribution < -0.4 is 5.73 Å². The van der Waals surface area contributed by atoms with Gasteiger partial charge in [-0.25, -0.2) is 0 Å². The molecule has 2 aromatic heterocycles. The van der Waals surface area contributed by atoms with Crippen LogP contribution in [0.2, 0.25) is 0 Å². The molecule has 0 aliphatic heterocycles. The van der Waals surface area contributed by atoms with Gasteiger partial charge in [-0.1, -0.05) is 18.2 Å². The molecule has 0 bridgehead atoms. The van der Waals surface area contributed by atoms with Crippen molar-refractivity contribution >= 4 is 16.7 Å². The molecule has 0 radical (unpaired) electrons. The summed E-state index contributed by atoms with van der Waals surface area (Å²) in [5.74, 6) is 0.480. The number of aromatic nitrogens is 3. The van der Waals surface area contributed by atoms with Gasteiger partial charge in [0.2, 0.25) is 0 Å². The zero-order valence-corrected chi connectivity index (χ0v) is 9.44. The molecule has 4 heteroatoms. The number of H-pyrrole nitrogens is 1. The molecule has 2 heterocycles. The predicted molar refractivity (Wildman–Crippen MR) is 68.5 cm³/mol. The average molecular weight is 224 g/mol. The minimum Gasteiger partial charge on any atom is -0.382 e. The van der Waals surface area contributed by atoms with Gasteiger partial charge in [0.15, 0.2) is 0 Å². The number of anilines is 1. The molecule has 0 spiro atoms. The fourth-order valence-corrected chi connectivity index (χ4v) is 1.91. The van der Waals surface area contributed by atoms with Gasteiger partial charge in [0.1, 0.15) is 5.82 Å². The van der Waals surface area contributed by atoms with Gasteiger partial charge < -0.3 is 10.7 Å². The van der Waals surface area contributed by atoms with Crippen molar-refractivity contribution in [3.05, 3.63) is 42.1 Å². The van der Waals surface area contributed by atoms with Crippen LogP contribution in [0.15, 0.2) is 36.5 Å². The molecule has 0 fully saturated rings. The van der Waals surface area contributed by atoms with E-state index in [1.54, 1.807) is 0 Å². The topological polar surface area (TPSA) is 67.6 Å². The van der Waals surface area contributed by atoms with Crippen LogP contribution in [0, 0.1) is 6.92 Å². The van der Waals surface area contributed by atoms with Gasteiger partial charge in [-0.05, 0) is 24.6 Å². The van der Waals surface area contributed by atoms with Gasteiger partial charge in [-0.15, -0.1) is 10.2 Å². The van der Waals surface area contributed by atoms with E-state index in [0.29, 0.717) is 5.82 Å². The van der Waals surface area contributed by atoms with Crippen LogP contribution in [0.3, 0.4) is 0 Å². The monoisotopic (exact) mass is 224 g/mol. The van der Waals surface area contributed by atoms with Crippen molar-refractivity contribution in [3.63, 3.8) is 0 Å².